The lowest BCUT2D eigenvalue weighted by molar-refractivity contribution is -0.137. The van der Waals surface area contributed by atoms with E-state index in [2.05, 4.69) is 15.0 Å². The van der Waals surface area contributed by atoms with E-state index in [1.807, 2.05) is 0 Å². The minimum absolute atomic E-state index is 0.111. The Labute approximate surface area is 143 Å². The lowest BCUT2D eigenvalue weighted by Crippen LogP contribution is -2.45. The van der Waals surface area contributed by atoms with E-state index in [0.29, 0.717) is 0 Å². The van der Waals surface area contributed by atoms with Gasteiger partial charge in [0, 0.05) is 5.56 Å². The molecule has 26 heavy (non-hydrogen) atoms. The summed E-state index contributed by atoms with van der Waals surface area (Å²) in [7, 11) is 0. The number of urea groups is 2. The van der Waals surface area contributed by atoms with E-state index in [1.165, 1.54) is 6.07 Å². The molecule has 0 aliphatic heterocycles. The molecule has 8 N–H and O–H groups in total. The van der Waals surface area contributed by atoms with E-state index < -0.39 is 35.7 Å². The van der Waals surface area contributed by atoms with Crippen molar-refractivity contribution in [3.63, 3.8) is 0 Å². The van der Waals surface area contributed by atoms with Crippen molar-refractivity contribution in [2.24, 2.45) is 23.2 Å². The van der Waals surface area contributed by atoms with Crippen molar-refractivity contribution < 1.29 is 22.8 Å². The lowest BCUT2D eigenvalue weighted by Gasteiger charge is -2.17. The van der Waals surface area contributed by atoms with Gasteiger partial charge in [-0.3, -0.25) is 0 Å². The number of amides is 4. The Morgan fingerprint density at radius 1 is 0.923 bits per heavy atom. The van der Waals surface area contributed by atoms with Gasteiger partial charge in [0.15, 0.2) is 5.82 Å². The fourth-order valence-corrected chi connectivity index (χ4v) is 1.73. The Morgan fingerprint density at radius 2 is 1.42 bits per heavy atom. The van der Waals surface area contributed by atoms with Crippen LogP contribution in [-0.2, 0) is 6.18 Å². The molecule has 0 fully saturated rings. The normalized spacial score (nSPS) is 11.1. The zero-order valence-corrected chi connectivity index (χ0v) is 12.8. The summed E-state index contributed by atoms with van der Waals surface area (Å²) in [5.74, 6) is 9.28. The highest BCUT2D eigenvalue weighted by molar-refractivity contribution is 5.89. The van der Waals surface area contributed by atoms with Crippen molar-refractivity contribution in [3.05, 3.63) is 29.8 Å². The summed E-state index contributed by atoms with van der Waals surface area (Å²) in [6.45, 7) is 0. The second kappa shape index (κ2) is 6.77. The number of anilines is 2. The highest BCUT2D eigenvalue weighted by Crippen LogP contribution is 2.31. The Morgan fingerprint density at radius 3 is 1.85 bits per heavy atom. The summed E-state index contributed by atoms with van der Waals surface area (Å²) < 4.78 is 38.6. The van der Waals surface area contributed by atoms with Crippen LogP contribution in [0, 0.1) is 0 Å². The maximum Gasteiger partial charge on any atom is 0.416 e. The molecule has 1 aromatic carbocycles. The summed E-state index contributed by atoms with van der Waals surface area (Å²) >= 11 is 0. The molecule has 2 rings (SSSR count). The molecule has 14 heteroatoms. The number of carbonyl (C=O) groups excluding carboxylic acids is 2. The zero-order valence-electron chi connectivity index (χ0n) is 12.8. The van der Waals surface area contributed by atoms with Crippen LogP contribution in [0.15, 0.2) is 24.3 Å². The average molecular weight is 371 g/mol. The maximum absolute atomic E-state index is 12.9. The van der Waals surface area contributed by atoms with Gasteiger partial charge in [0.2, 0.25) is 0 Å². The number of benzene rings is 1. The zero-order chi connectivity index (χ0) is 19.6. The number of aromatic nitrogens is 3. The van der Waals surface area contributed by atoms with Gasteiger partial charge in [-0.1, -0.05) is 12.1 Å². The number of nitrogens with two attached hydrogens (primary N) is 4. The Balaban J connectivity index is 2.64. The van der Waals surface area contributed by atoms with Gasteiger partial charge in [-0.05, 0) is 12.1 Å². The van der Waals surface area contributed by atoms with E-state index in [-0.39, 0.29) is 21.4 Å². The predicted octanol–water partition coefficient (Wildman–Crippen LogP) is 0.0750. The number of nitrogens with zero attached hydrogens (tertiary/aromatic N) is 5. The number of primary amides is 2. The molecule has 0 bridgehead atoms. The van der Waals surface area contributed by atoms with Gasteiger partial charge in [-0.25, -0.2) is 21.3 Å². The molecule has 2 aromatic rings. The molecule has 1 heterocycles. The molecular formula is C12H12F3N9O2. The molecule has 0 saturated heterocycles. The van der Waals surface area contributed by atoms with Crippen LogP contribution in [0.4, 0.5) is 34.7 Å². The molecule has 0 aliphatic carbocycles. The van der Waals surface area contributed by atoms with Crippen LogP contribution in [-0.4, -0.2) is 27.0 Å². The first-order chi connectivity index (χ1) is 12.0. The predicted molar refractivity (Wildman–Crippen MR) is 82.8 cm³/mol. The molecule has 11 nitrogen and oxygen atoms in total. The maximum atomic E-state index is 12.9. The summed E-state index contributed by atoms with van der Waals surface area (Å²) in [6.07, 6.45) is -4.62. The Kier molecular flexibility index (Phi) is 4.90. The van der Waals surface area contributed by atoms with Gasteiger partial charge >= 0.3 is 18.2 Å². The van der Waals surface area contributed by atoms with Crippen LogP contribution in [0.2, 0.25) is 0 Å². The minimum Gasteiger partial charge on any atom is -0.350 e. The van der Waals surface area contributed by atoms with Crippen molar-refractivity contribution in [1.29, 1.82) is 0 Å². The van der Waals surface area contributed by atoms with E-state index in [0.717, 1.165) is 18.2 Å². The first kappa shape index (κ1) is 18.8. The fourth-order valence-electron chi connectivity index (χ4n) is 1.73. The van der Waals surface area contributed by atoms with Crippen LogP contribution < -0.4 is 33.2 Å². The van der Waals surface area contributed by atoms with Crippen LogP contribution in [0.1, 0.15) is 5.56 Å². The number of carbonyl (C=O) groups is 2. The standard InChI is InChI=1S/C12H12F3N9O2/c13-12(14,15)6-3-1-2-5(4-6)7-20-10(23(18)8(16)25)22-11(21-7)24(19)9(17)26/h1-4H,18-19H2,(H2,16,25)(H2,17,26). The molecule has 138 valence electrons. The van der Waals surface area contributed by atoms with Crippen molar-refractivity contribution in [1.82, 2.24) is 15.0 Å². The van der Waals surface area contributed by atoms with Gasteiger partial charge in [0.25, 0.3) is 11.9 Å². The van der Waals surface area contributed by atoms with Gasteiger partial charge in [-0.15, -0.1) is 0 Å². The van der Waals surface area contributed by atoms with Crippen molar-refractivity contribution >= 4 is 24.0 Å². The number of rotatable bonds is 3. The summed E-state index contributed by atoms with van der Waals surface area (Å²) in [5, 5.41) is 0.578. The number of halogens is 3. The average Bonchev–Trinajstić information content (AvgIpc) is 2.59. The molecule has 0 unspecified atom stereocenters. The van der Waals surface area contributed by atoms with Crippen LogP contribution in [0.5, 0.6) is 0 Å². The van der Waals surface area contributed by atoms with Gasteiger partial charge in [0.05, 0.1) is 5.56 Å². The summed E-state index contributed by atoms with van der Waals surface area (Å²) in [4.78, 5) is 33.5. The molecule has 0 saturated carbocycles. The SMILES string of the molecule is NC(=O)N(N)c1nc(-c2cccc(C(F)(F)F)c2)nc(N(N)C(N)=O)n1. The van der Waals surface area contributed by atoms with E-state index in [1.54, 1.807) is 0 Å². The Hall–Kier alpha value is -3.52. The van der Waals surface area contributed by atoms with Crippen LogP contribution in [0.3, 0.4) is 0 Å². The largest absolute Gasteiger partial charge is 0.416 e. The molecule has 0 aliphatic rings. The number of hydrazine groups is 2. The third-order valence-corrected chi connectivity index (χ3v) is 2.97. The quantitative estimate of drug-likeness (QED) is 0.334. The van der Waals surface area contributed by atoms with Gasteiger partial charge < -0.3 is 11.5 Å². The number of hydrogen-bond donors (Lipinski definition) is 4. The van der Waals surface area contributed by atoms with Crippen LogP contribution in [0.25, 0.3) is 11.4 Å². The minimum atomic E-state index is -4.62. The topological polar surface area (TPSA) is 183 Å². The molecule has 0 radical (unpaired) electrons. The van der Waals surface area contributed by atoms with E-state index in [4.69, 9.17) is 23.2 Å². The monoisotopic (exact) mass is 371 g/mol. The fraction of sp³-hybridized carbons (Fsp3) is 0.0833. The van der Waals surface area contributed by atoms with Crippen molar-refractivity contribution in [2.75, 3.05) is 10.0 Å². The third-order valence-electron chi connectivity index (χ3n) is 2.97. The lowest BCUT2D eigenvalue weighted by atomic mass is 10.1. The van der Waals surface area contributed by atoms with Gasteiger partial charge in [-0.2, -0.15) is 38.1 Å². The Bertz CT molecular complexity index is 820. The molecular weight excluding hydrogens is 359 g/mol. The molecule has 4 amide bonds. The van der Waals surface area contributed by atoms with Crippen LogP contribution >= 0.6 is 0 Å². The highest BCUT2D eigenvalue weighted by atomic mass is 19.4. The highest BCUT2D eigenvalue weighted by Gasteiger charge is 2.31. The summed E-state index contributed by atoms with van der Waals surface area (Å²) in [6, 6.07) is 1.60. The van der Waals surface area contributed by atoms with Crippen molar-refractivity contribution in [3.8, 4) is 11.4 Å². The second-order valence-corrected chi connectivity index (χ2v) is 4.75. The third kappa shape index (κ3) is 3.93. The summed E-state index contributed by atoms with van der Waals surface area (Å²) in [5.41, 5.74) is 8.92. The van der Waals surface area contributed by atoms with E-state index in [9.17, 15) is 22.8 Å². The second-order valence-electron chi connectivity index (χ2n) is 4.75. The smallest absolute Gasteiger partial charge is 0.350 e. The first-order valence-electron chi connectivity index (χ1n) is 6.63. The molecule has 1 aromatic heterocycles. The molecule has 0 spiro atoms. The first-order valence-corrected chi connectivity index (χ1v) is 6.63. The molecule has 0 atom stereocenters. The van der Waals surface area contributed by atoms with Crippen molar-refractivity contribution in [2.45, 2.75) is 6.18 Å². The number of hydrogen-bond acceptors (Lipinski definition) is 7. The van der Waals surface area contributed by atoms with Gasteiger partial charge in [0.1, 0.15) is 0 Å². The van der Waals surface area contributed by atoms with E-state index >= 15 is 0 Å². The number of alkyl halides is 3.